The number of hydrogen-bond acceptors (Lipinski definition) is 1. The molecule has 6 aromatic rings. The van der Waals surface area contributed by atoms with E-state index in [1.165, 1.54) is 11.1 Å². The molecule has 1 aliphatic rings. The molecule has 1 nitrogen and oxygen atoms in total. The van der Waals surface area contributed by atoms with E-state index in [1.54, 1.807) is 0 Å². The highest BCUT2D eigenvalue weighted by molar-refractivity contribution is 6.59. The van der Waals surface area contributed by atoms with Crippen LogP contribution in [0.25, 0.3) is 44.5 Å². The molecule has 7 rings (SSSR count). The highest BCUT2D eigenvalue weighted by Gasteiger charge is 2.35. The number of benzene rings is 6. The number of carbonyl (C=O) groups is 1. The maximum absolute atomic E-state index is 15.1. The molecule has 6 aromatic carbocycles. The lowest BCUT2D eigenvalue weighted by Gasteiger charge is -2.15. The molecule has 1 aliphatic carbocycles. The Morgan fingerprint density at radius 2 is 0.600 bits per heavy atom. The lowest BCUT2D eigenvalue weighted by atomic mass is 9.88. The molecule has 0 bridgehead atoms. The smallest absolute Gasteiger partial charge is 0.195 e. The van der Waals surface area contributed by atoms with Crippen LogP contribution in [0.4, 0.5) is 0 Å². The molecule has 0 fully saturated rings. The monoisotopic (exact) mass is 648 g/mol. The molecule has 0 atom stereocenters. The van der Waals surface area contributed by atoms with Crippen LogP contribution in [-0.2, 0) is 17.6 Å². The third-order valence-corrected chi connectivity index (χ3v) is 9.89. The summed E-state index contributed by atoms with van der Waals surface area (Å²) >= 11 is 0. The van der Waals surface area contributed by atoms with Crippen LogP contribution in [0.15, 0.2) is 158 Å². The molecule has 0 heterocycles. The predicted molar refractivity (Wildman–Crippen MR) is 212 cm³/mol. The van der Waals surface area contributed by atoms with Gasteiger partial charge in [-0.3, -0.25) is 4.79 Å². The first-order chi connectivity index (χ1) is 24.6. The Bertz CT molecular complexity index is 1960. The quantitative estimate of drug-likeness (QED) is 0.129. The van der Waals surface area contributed by atoms with E-state index < -0.39 is 0 Å². The zero-order valence-corrected chi connectivity index (χ0v) is 29.2. The summed E-state index contributed by atoms with van der Waals surface area (Å²) in [5.41, 5.74) is 14.8. The van der Waals surface area contributed by atoms with Gasteiger partial charge in [-0.2, -0.15) is 0 Å². The van der Waals surface area contributed by atoms with Crippen LogP contribution in [0, 0.1) is 0 Å². The zero-order valence-electron chi connectivity index (χ0n) is 29.2. The fraction of sp³-hybridized carbons (Fsp3) is 0.163. The van der Waals surface area contributed by atoms with Crippen LogP contribution < -0.4 is 0 Å². The Morgan fingerprint density at radius 3 is 0.940 bits per heavy atom. The van der Waals surface area contributed by atoms with Crippen LogP contribution in [0.1, 0.15) is 72.9 Å². The molecule has 1 heteroatoms. The van der Waals surface area contributed by atoms with Gasteiger partial charge in [0.2, 0.25) is 0 Å². The second-order valence-corrected chi connectivity index (χ2v) is 13.3. The molecule has 0 spiro atoms. The summed E-state index contributed by atoms with van der Waals surface area (Å²) < 4.78 is 0. The fourth-order valence-corrected chi connectivity index (χ4v) is 7.09. The average molecular weight is 649 g/mol. The third kappa shape index (κ3) is 6.96. The van der Waals surface area contributed by atoms with Crippen molar-refractivity contribution in [2.75, 3.05) is 0 Å². The maximum Gasteiger partial charge on any atom is 0.195 e. The molecule has 0 aliphatic heterocycles. The van der Waals surface area contributed by atoms with Gasteiger partial charge < -0.3 is 0 Å². The van der Waals surface area contributed by atoms with E-state index in [9.17, 15) is 0 Å². The SMILES string of the molecule is CCCCc1ccc(C2=C(c3ccc(-c4ccccc4)cc3)C(=O)C(c3ccc(-c4ccccc4)cc3)=C2c2ccc(CCCC)cc2)cc1. The highest BCUT2D eigenvalue weighted by Crippen LogP contribution is 2.50. The van der Waals surface area contributed by atoms with Crippen molar-refractivity contribution in [1.29, 1.82) is 0 Å². The van der Waals surface area contributed by atoms with Gasteiger partial charge in [0.15, 0.2) is 5.78 Å². The second-order valence-electron chi connectivity index (χ2n) is 13.3. The fourth-order valence-electron chi connectivity index (χ4n) is 7.09. The van der Waals surface area contributed by atoms with Gasteiger partial charge in [-0.1, -0.05) is 184 Å². The van der Waals surface area contributed by atoms with Gasteiger partial charge in [0.25, 0.3) is 0 Å². The first-order valence-electron chi connectivity index (χ1n) is 18.2. The van der Waals surface area contributed by atoms with Gasteiger partial charge in [-0.05, 0) is 81.3 Å². The van der Waals surface area contributed by atoms with Crippen LogP contribution in [0.5, 0.6) is 0 Å². The minimum Gasteiger partial charge on any atom is -0.289 e. The molecular formula is C49H44O. The molecule has 0 saturated heterocycles. The molecule has 0 radical (unpaired) electrons. The van der Waals surface area contributed by atoms with Gasteiger partial charge in [0, 0.05) is 22.3 Å². The summed E-state index contributed by atoms with van der Waals surface area (Å²) in [5.74, 6) is 0.0695. The Balaban J connectivity index is 1.41. The normalized spacial score (nSPS) is 13.0. The van der Waals surface area contributed by atoms with Gasteiger partial charge in [0.05, 0.1) is 0 Å². The van der Waals surface area contributed by atoms with E-state index in [0.717, 1.165) is 105 Å². The number of unbranched alkanes of at least 4 members (excludes halogenated alkanes) is 2. The van der Waals surface area contributed by atoms with Gasteiger partial charge in [-0.25, -0.2) is 0 Å². The number of allylic oxidation sites excluding steroid dienone is 4. The van der Waals surface area contributed by atoms with Gasteiger partial charge in [-0.15, -0.1) is 0 Å². The van der Waals surface area contributed by atoms with Crippen LogP contribution in [0.2, 0.25) is 0 Å². The predicted octanol–water partition coefficient (Wildman–Crippen LogP) is 12.8. The second kappa shape index (κ2) is 15.3. The summed E-state index contributed by atoms with van der Waals surface area (Å²) in [5, 5.41) is 0. The van der Waals surface area contributed by atoms with Crippen molar-refractivity contribution in [2.24, 2.45) is 0 Å². The Morgan fingerprint density at radius 1 is 0.320 bits per heavy atom. The largest absolute Gasteiger partial charge is 0.289 e. The van der Waals surface area contributed by atoms with Gasteiger partial charge in [0.1, 0.15) is 0 Å². The van der Waals surface area contributed by atoms with Crippen molar-refractivity contribution in [3.63, 3.8) is 0 Å². The van der Waals surface area contributed by atoms with E-state index in [2.05, 4.69) is 159 Å². The van der Waals surface area contributed by atoms with Crippen molar-refractivity contribution in [1.82, 2.24) is 0 Å². The summed E-state index contributed by atoms with van der Waals surface area (Å²) in [6.45, 7) is 4.47. The van der Waals surface area contributed by atoms with E-state index in [-0.39, 0.29) is 5.78 Å². The number of rotatable bonds is 12. The third-order valence-electron chi connectivity index (χ3n) is 9.89. The Kier molecular flexibility index (Phi) is 10.1. The minimum atomic E-state index is 0.0695. The number of aryl methyl sites for hydroxylation is 2. The molecule has 0 aromatic heterocycles. The minimum absolute atomic E-state index is 0.0695. The topological polar surface area (TPSA) is 17.1 Å². The number of hydrogen-bond donors (Lipinski definition) is 0. The molecule has 0 saturated carbocycles. The van der Waals surface area contributed by atoms with E-state index >= 15 is 4.79 Å². The molecule has 246 valence electrons. The van der Waals surface area contributed by atoms with E-state index in [1.807, 2.05) is 12.1 Å². The molecule has 0 N–H and O–H groups in total. The van der Waals surface area contributed by atoms with Crippen molar-refractivity contribution in [2.45, 2.75) is 52.4 Å². The molecular weight excluding hydrogens is 605 g/mol. The summed E-state index contributed by atoms with van der Waals surface area (Å²) in [7, 11) is 0. The summed E-state index contributed by atoms with van der Waals surface area (Å²) in [6.07, 6.45) is 6.78. The van der Waals surface area contributed by atoms with Crippen LogP contribution >= 0.6 is 0 Å². The maximum atomic E-state index is 15.1. The molecule has 0 unspecified atom stereocenters. The molecule has 0 amide bonds. The number of Topliss-reactive ketones (excluding diaryl/α,β-unsaturated/α-hetero) is 1. The lowest BCUT2D eigenvalue weighted by molar-refractivity contribution is -0.108. The van der Waals surface area contributed by atoms with Crippen molar-refractivity contribution in [3.05, 3.63) is 191 Å². The standard InChI is InChI=1S/C49H44O/c1-3-5-13-35-19-23-41(24-20-35)45-46(42-25-21-36(22-26-42)14-6-4-2)48(44-33-29-40(30-34-44)38-17-11-8-12-18-38)49(50)47(45)43-31-27-39(28-32-43)37-15-9-7-10-16-37/h7-12,15-34H,3-6,13-14H2,1-2H3. The van der Waals surface area contributed by atoms with Crippen LogP contribution in [-0.4, -0.2) is 5.78 Å². The lowest BCUT2D eigenvalue weighted by Crippen LogP contribution is -2.02. The average Bonchev–Trinajstić information content (AvgIpc) is 3.49. The van der Waals surface area contributed by atoms with Gasteiger partial charge >= 0.3 is 0 Å². The van der Waals surface area contributed by atoms with Crippen molar-refractivity contribution < 1.29 is 4.79 Å². The first kappa shape index (κ1) is 33.0. The van der Waals surface area contributed by atoms with E-state index in [4.69, 9.17) is 0 Å². The number of carbonyl (C=O) groups excluding carboxylic acids is 1. The molecule has 50 heavy (non-hydrogen) atoms. The summed E-state index contributed by atoms with van der Waals surface area (Å²) in [4.78, 5) is 15.1. The van der Waals surface area contributed by atoms with Crippen molar-refractivity contribution in [3.8, 4) is 22.3 Å². The number of ketones is 1. The van der Waals surface area contributed by atoms with Crippen LogP contribution in [0.3, 0.4) is 0 Å². The summed E-state index contributed by atoms with van der Waals surface area (Å²) in [6, 6.07) is 55.8. The Hall–Kier alpha value is -5.53. The van der Waals surface area contributed by atoms with E-state index in [0.29, 0.717) is 0 Å². The first-order valence-corrected chi connectivity index (χ1v) is 18.2. The van der Waals surface area contributed by atoms with Crippen molar-refractivity contribution >= 4 is 28.1 Å². The zero-order chi connectivity index (χ0) is 34.3. The highest BCUT2D eigenvalue weighted by atomic mass is 16.1. The Labute approximate surface area is 297 Å².